The Balaban J connectivity index is 2.35. The van der Waals surface area contributed by atoms with Crippen molar-refractivity contribution in [2.45, 2.75) is 12.8 Å². The maximum Gasteiger partial charge on any atom is 0.144 e. The van der Waals surface area contributed by atoms with Gasteiger partial charge in [0.15, 0.2) is 0 Å². The van der Waals surface area contributed by atoms with E-state index in [2.05, 4.69) is 4.90 Å². The molecule has 0 aromatic carbocycles. The third-order valence-electron chi connectivity index (χ3n) is 2.18. The number of nitrogens with zero attached hydrogens (tertiary/aromatic N) is 1. The Morgan fingerprint density at radius 2 is 2.42 bits per heavy atom. The van der Waals surface area contributed by atoms with Crippen LogP contribution in [-0.4, -0.2) is 36.0 Å². The first-order chi connectivity index (χ1) is 5.86. The lowest BCUT2D eigenvalue weighted by Gasteiger charge is -2.30. The standard InChI is InChI=1S/C9H15NO2/c11-6-2-5-10-4-1-3-9(7-10)8-12/h2,5-6,9,12H,1,3-4,7-8H2. The van der Waals surface area contributed by atoms with E-state index in [1.165, 1.54) is 6.08 Å². The number of likely N-dealkylation sites (tertiary alicyclic amines) is 1. The summed E-state index contributed by atoms with van der Waals surface area (Å²) >= 11 is 0. The molecule has 0 bridgehead atoms. The van der Waals surface area contributed by atoms with Gasteiger partial charge in [0.1, 0.15) is 6.29 Å². The van der Waals surface area contributed by atoms with Gasteiger partial charge in [0.25, 0.3) is 0 Å². The molecule has 0 aliphatic carbocycles. The number of hydrogen-bond acceptors (Lipinski definition) is 3. The molecule has 1 fully saturated rings. The Kier molecular flexibility index (Phi) is 3.80. The SMILES string of the molecule is O=CC=CN1CCCC(CO)C1. The molecule has 1 saturated heterocycles. The van der Waals surface area contributed by atoms with Gasteiger partial charge in [0.05, 0.1) is 0 Å². The van der Waals surface area contributed by atoms with E-state index in [1.807, 2.05) is 0 Å². The van der Waals surface area contributed by atoms with Crippen LogP contribution in [0.25, 0.3) is 0 Å². The molecule has 0 amide bonds. The smallest absolute Gasteiger partial charge is 0.144 e. The maximum absolute atomic E-state index is 10.0. The van der Waals surface area contributed by atoms with Crippen LogP contribution in [0.15, 0.2) is 12.3 Å². The summed E-state index contributed by atoms with van der Waals surface area (Å²) in [6.45, 7) is 2.13. The molecule has 3 heteroatoms. The second-order valence-corrected chi connectivity index (χ2v) is 3.16. The first kappa shape index (κ1) is 9.26. The molecule has 1 rings (SSSR count). The largest absolute Gasteiger partial charge is 0.396 e. The van der Waals surface area contributed by atoms with Gasteiger partial charge in [-0.25, -0.2) is 0 Å². The van der Waals surface area contributed by atoms with Crippen molar-refractivity contribution in [1.82, 2.24) is 4.90 Å². The first-order valence-corrected chi connectivity index (χ1v) is 4.33. The van der Waals surface area contributed by atoms with Crippen LogP contribution >= 0.6 is 0 Å². The second kappa shape index (κ2) is 4.93. The zero-order valence-electron chi connectivity index (χ0n) is 7.15. The molecule has 0 spiro atoms. The van der Waals surface area contributed by atoms with Crippen LogP contribution in [0.2, 0.25) is 0 Å². The lowest BCUT2D eigenvalue weighted by molar-refractivity contribution is -0.104. The molecule has 1 unspecified atom stereocenters. The van der Waals surface area contributed by atoms with Gasteiger partial charge in [0.2, 0.25) is 0 Å². The van der Waals surface area contributed by atoms with Crippen molar-refractivity contribution in [2.75, 3.05) is 19.7 Å². The summed E-state index contributed by atoms with van der Waals surface area (Å²) in [5.41, 5.74) is 0. The molecule has 0 saturated carbocycles. The Morgan fingerprint density at radius 1 is 1.58 bits per heavy atom. The number of allylic oxidation sites excluding steroid dienone is 1. The monoisotopic (exact) mass is 169 g/mol. The summed E-state index contributed by atoms with van der Waals surface area (Å²) in [5.74, 6) is 0.384. The van der Waals surface area contributed by atoms with Crippen LogP contribution in [0.3, 0.4) is 0 Å². The van der Waals surface area contributed by atoms with Gasteiger partial charge < -0.3 is 10.0 Å². The van der Waals surface area contributed by atoms with Crippen LogP contribution in [0.1, 0.15) is 12.8 Å². The average molecular weight is 169 g/mol. The van der Waals surface area contributed by atoms with Crippen LogP contribution in [-0.2, 0) is 4.79 Å². The molecular weight excluding hydrogens is 154 g/mol. The Labute approximate surface area is 72.7 Å². The zero-order valence-corrected chi connectivity index (χ0v) is 7.15. The fraction of sp³-hybridized carbons (Fsp3) is 0.667. The Bertz CT molecular complexity index is 168. The summed E-state index contributed by atoms with van der Waals surface area (Å²) < 4.78 is 0. The number of rotatable bonds is 3. The van der Waals surface area contributed by atoms with E-state index in [0.29, 0.717) is 5.92 Å². The van der Waals surface area contributed by atoms with Gasteiger partial charge in [-0.05, 0) is 24.8 Å². The molecule has 0 aromatic rings. The van der Waals surface area contributed by atoms with Crippen LogP contribution in [0.5, 0.6) is 0 Å². The Hall–Kier alpha value is -0.830. The quantitative estimate of drug-likeness (QED) is 0.491. The average Bonchev–Trinajstić information content (AvgIpc) is 2.15. The molecule has 68 valence electrons. The molecule has 0 aromatic heterocycles. The normalized spacial score (nSPS) is 24.8. The van der Waals surface area contributed by atoms with Gasteiger partial charge in [-0.15, -0.1) is 0 Å². The minimum Gasteiger partial charge on any atom is -0.396 e. The van der Waals surface area contributed by atoms with Crippen molar-refractivity contribution in [3.63, 3.8) is 0 Å². The summed E-state index contributed by atoms with van der Waals surface area (Å²) in [7, 11) is 0. The van der Waals surface area contributed by atoms with Crippen LogP contribution < -0.4 is 0 Å². The topological polar surface area (TPSA) is 40.5 Å². The number of piperidine rings is 1. The number of carbonyl (C=O) groups excluding carboxylic acids is 1. The molecule has 1 heterocycles. The van der Waals surface area contributed by atoms with Crippen molar-refractivity contribution in [3.8, 4) is 0 Å². The van der Waals surface area contributed by atoms with Crippen molar-refractivity contribution in [3.05, 3.63) is 12.3 Å². The van der Waals surface area contributed by atoms with E-state index >= 15 is 0 Å². The third kappa shape index (κ3) is 2.66. The second-order valence-electron chi connectivity index (χ2n) is 3.16. The summed E-state index contributed by atoms with van der Waals surface area (Å²) in [6.07, 6.45) is 6.29. The van der Waals surface area contributed by atoms with Gasteiger partial charge >= 0.3 is 0 Å². The summed E-state index contributed by atoms with van der Waals surface area (Å²) in [4.78, 5) is 12.1. The highest BCUT2D eigenvalue weighted by atomic mass is 16.3. The summed E-state index contributed by atoms with van der Waals surface area (Å²) in [6, 6.07) is 0. The number of aldehydes is 1. The Morgan fingerprint density at radius 3 is 3.08 bits per heavy atom. The maximum atomic E-state index is 10.0. The van der Waals surface area contributed by atoms with E-state index in [-0.39, 0.29) is 6.61 Å². The highest BCUT2D eigenvalue weighted by Crippen LogP contribution is 2.15. The molecule has 12 heavy (non-hydrogen) atoms. The highest BCUT2D eigenvalue weighted by Gasteiger charge is 2.15. The molecule has 1 atom stereocenters. The molecular formula is C9H15NO2. The fourth-order valence-electron chi connectivity index (χ4n) is 1.54. The van der Waals surface area contributed by atoms with Gasteiger partial charge in [-0.2, -0.15) is 0 Å². The predicted molar refractivity (Wildman–Crippen MR) is 46.6 cm³/mol. The summed E-state index contributed by atoms with van der Waals surface area (Å²) in [5, 5.41) is 8.91. The number of carbonyl (C=O) groups is 1. The molecule has 1 aliphatic heterocycles. The van der Waals surface area contributed by atoms with Crippen LogP contribution in [0.4, 0.5) is 0 Å². The van der Waals surface area contributed by atoms with Crippen molar-refractivity contribution in [1.29, 1.82) is 0 Å². The van der Waals surface area contributed by atoms with Crippen LogP contribution in [0, 0.1) is 5.92 Å². The van der Waals surface area contributed by atoms with E-state index in [9.17, 15) is 4.79 Å². The predicted octanol–water partition coefficient (Wildman–Crippen LogP) is 0.403. The molecule has 1 N–H and O–H groups in total. The van der Waals surface area contributed by atoms with Gasteiger partial charge in [-0.1, -0.05) is 0 Å². The fourth-order valence-corrected chi connectivity index (χ4v) is 1.54. The van der Waals surface area contributed by atoms with Crippen molar-refractivity contribution >= 4 is 6.29 Å². The lowest BCUT2D eigenvalue weighted by atomic mass is 9.99. The third-order valence-corrected chi connectivity index (χ3v) is 2.18. The minimum atomic E-state index is 0.255. The van der Waals surface area contributed by atoms with Crippen molar-refractivity contribution in [2.24, 2.45) is 5.92 Å². The minimum absolute atomic E-state index is 0.255. The van der Waals surface area contributed by atoms with E-state index < -0.39 is 0 Å². The van der Waals surface area contributed by atoms with Gasteiger partial charge in [0, 0.05) is 25.9 Å². The van der Waals surface area contributed by atoms with Gasteiger partial charge in [-0.3, -0.25) is 4.79 Å². The van der Waals surface area contributed by atoms with E-state index in [0.717, 1.165) is 32.2 Å². The lowest BCUT2D eigenvalue weighted by Crippen LogP contribution is -2.32. The number of aliphatic hydroxyl groups excluding tert-OH is 1. The number of hydrogen-bond donors (Lipinski definition) is 1. The van der Waals surface area contributed by atoms with E-state index in [1.54, 1.807) is 6.20 Å². The molecule has 0 radical (unpaired) electrons. The molecule has 3 nitrogen and oxygen atoms in total. The number of aliphatic hydroxyl groups is 1. The highest BCUT2D eigenvalue weighted by molar-refractivity contribution is 5.64. The zero-order chi connectivity index (χ0) is 8.81. The first-order valence-electron chi connectivity index (χ1n) is 4.33. The van der Waals surface area contributed by atoms with E-state index in [4.69, 9.17) is 5.11 Å². The molecule has 1 aliphatic rings. The van der Waals surface area contributed by atoms with Crippen molar-refractivity contribution < 1.29 is 9.90 Å².